The molecule has 1 aromatic rings. The summed E-state index contributed by atoms with van der Waals surface area (Å²) in [5, 5.41) is 3.08. The summed E-state index contributed by atoms with van der Waals surface area (Å²) in [6.45, 7) is 2.62. The zero-order chi connectivity index (χ0) is 12.4. The van der Waals surface area contributed by atoms with Crippen LogP contribution in [-0.2, 0) is 4.74 Å². The van der Waals surface area contributed by atoms with E-state index >= 15 is 0 Å². The fourth-order valence-corrected chi connectivity index (χ4v) is 2.05. The highest BCUT2D eigenvalue weighted by molar-refractivity contribution is 5.67. The van der Waals surface area contributed by atoms with E-state index in [0.29, 0.717) is 12.3 Å². The second-order valence-corrected chi connectivity index (χ2v) is 4.40. The number of anilines is 2. The minimum atomic E-state index is -0.729. The minimum Gasteiger partial charge on any atom is -0.395 e. The molecule has 0 bridgehead atoms. The van der Waals surface area contributed by atoms with Crippen LogP contribution in [0.25, 0.3) is 0 Å². The zero-order valence-electron chi connectivity index (χ0n) is 9.67. The van der Waals surface area contributed by atoms with Crippen LogP contribution in [0, 0.1) is 11.6 Å². The van der Waals surface area contributed by atoms with E-state index in [0.717, 1.165) is 18.9 Å². The maximum atomic E-state index is 13.2. The van der Waals surface area contributed by atoms with E-state index < -0.39 is 11.6 Å². The van der Waals surface area contributed by atoms with Gasteiger partial charge in [-0.2, -0.15) is 0 Å². The molecule has 94 valence electrons. The fourth-order valence-electron chi connectivity index (χ4n) is 2.05. The molecule has 1 aliphatic heterocycles. The van der Waals surface area contributed by atoms with Gasteiger partial charge in [0.2, 0.25) is 0 Å². The molecule has 17 heavy (non-hydrogen) atoms. The second-order valence-electron chi connectivity index (χ2n) is 4.40. The molecule has 1 aromatic carbocycles. The number of nitrogens with two attached hydrogens (primary N) is 1. The van der Waals surface area contributed by atoms with Gasteiger partial charge in [0.15, 0.2) is 5.82 Å². The molecule has 0 aromatic heterocycles. The highest BCUT2D eigenvalue weighted by Gasteiger charge is 2.20. The predicted octanol–water partition coefficient (Wildman–Crippen LogP) is 2.53. The number of hydrogen-bond acceptors (Lipinski definition) is 3. The van der Waals surface area contributed by atoms with Gasteiger partial charge in [0, 0.05) is 18.7 Å². The third kappa shape index (κ3) is 2.85. The lowest BCUT2D eigenvalue weighted by Gasteiger charge is -2.29. The monoisotopic (exact) mass is 242 g/mol. The van der Waals surface area contributed by atoms with Crippen molar-refractivity contribution >= 4 is 11.4 Å². The average molecular weight is 242 g/mol. The van der Waals surface area contributed by atoms with Crippen molar-refractivity contribution in [3.8, 4) is 0 Å². The van der Waals surface area contributed by atoms with Gasteiger partial charge < -0.3 is 15.8 Å². The Labute approximate surface area is 98.9 Å². The summed E-state index contributed by atoms with van der Waals surface area (Å²) in [7, 11) is 0. The fraction of sp³-hybridized carbons (Fsp3) is 0.500. The first kappa shape index (κ1) is 12.1. The van der Waals surface area contributed by atoms with Crippen molar-refractivity contribution in [3.63, 3.8) is 0 Å². The molecular formula is C12H16F2N2O. The molecule has 3 N–H and O–H groups in total. The second kappa shape index (κ2) is 4.87. The Morgan fingerprint density at radius 3 is 2.88 bits per heavy atom. The molecule has 2 unspecified atom stereocenters. The number of hydrogen-bond donors (Lipinski definition) is 2. The minimum absolute atomic E-state index is 0.0365. The molecule has 3 nitrogen and oxygen atoms in total. The van der Waals surface area contributed by atoms with Crippen LogP contribution in [0.15, 0.2) is 12.1 Å². The molecule has 1 aliphatic rings. The Morgan fingerprint density at radius 2 is 2.18 bits per heavy atom. The van der Waals surface area contributed by atoms with Gasteiger partial charge in [-0.1, -0.05) is 0 Å². The van der Waals surface area contributed by atoms with Gasteiger partial charge in [-0.25, -0.2) is 8.78 Å². The third-order valence-electron chi connectivity index (χ3n) is 2.94. The first-order chi connectivity index (χ1) is 8.06. The highest BCUT2D eigenvalue weighted by Crippen LogP contribution is 2.26. The lowest BCUT2D eigenvalue weighted by Crippen LogP contribution is -2.32. The molecule has 2 atom stereocenters. The maximum Gasteiger partial charge on any atom is 0.151 e. The van der Waals surface area contributed by atoms with E-state index in [-0.39, 0.29) is 17.8 Å². The van der Waals surface area contributed by atoms with Crippen LogP contribution in [0.1, 0.15) is 19.8 Å². The summed E-state index contributed by atoms with van der Waals surface area (Å²) >= 11 is 0. The number of ether oxygens (including phenoxy) is 1. The van der Waals surface area contributed by atoms with E-state index in [2.05, 4.69) is 5.32 Å². The summed E-state index contributed by atoms with van der Waals surface area (Å²) in [5.74, 6) is -1.35. The summed E-state index contributed by atoms with van der Waals surface area (Å²) in [6.07, 6.45) is 1.76. The topological polar surface area (TPSA) is 47.3 Å². The molecule has 1 fully saturated rings. The van der Waals surface area contributed by atoms with E-state index in [9.17, 15) is 8.78 Å². The highest BCUT2D eigenvalue weighted by atomic mass is 19.1. The Balaban J connectivity index is 2.12. The molecule has 0 saturated carbocycles. The van der Waals surface area contributed by atoms with Gasteiger partial charge in [-0.3, -0.25) is 0 Å². The number of nitrogens with one attached hydrogen (secondary N) is 1. The van der Waals surface area contributed by atoms with Crippen LogP contribution in [0.4, 0.5) is 20.2 Å². The molecule has 0 radical (unpaired) electrons. The van der Waals surface area contributed by atoms with Gasteiger partial charge >= 0.3 is 0 Å². The van der Waals surface area contributed by atoms with Crippen molar-refractivity contribution in [2.75, 3.05) is 17.7 Å². The van der Waals surface area contributed by atoms with Crippen LogP contribution in [0.3, 0.4) is 0 Å². The SMILES string of the molecule is CC1CC(Nc2cc(F)cc(F)c2N)CCO1. The van der Waals surface area contributed by atoms with Crippen LogP contribution in [-0.4, -0.2) is 18.8 Å². The van der Waals surface area contributed by atoms with Gasteiger partial charge in [0.25, 0.3) is 0 Å². The van der Waals surface area contributed by atoms with Gasteiger partial charge in [0.05, 0.1) is 17.5 Å². The lowest BCUT2D eigenvalue weighted by atomic mass is 10.0. The standard InChI is InChI=1S/C12H16F2N2O/c1-7-4-9(2-3-17-7)16-11-6-8(13)5-10(14)12(11)15/h5-7,9,16H,2-4,15H2,1H3. The maximum absolute atomic E-state index is 13.2. The third-order valence-corrected chi connectivity index (χ3v) is 2.94. The smallest absolute Gasteiger partial charge is 0.151 e. The van der Waals surface area contributed by atoms with Crippen molar-refractivity contribution in [2.24, 2.45) is 0 Å². The number of nitrogen functional groups attached to an aromatic ring is 1. The Bertz CT molecular complexity index is 412. The van der Waals surface area contributed by atoms with Crippen molar-refractivity contribution in [1.82, 2.24) is 0 Å². The van der Waals surface area contributed by atoms with Gasteiger partial charge in [-0.05, 0) is 25.8 Å². The number of benzene rings is 1. The average Bonchev–Trinajstić information content (AvgIpc) is 2.25. The van der Waals surface area contributed by atoms with Gasteiger partial charge in [0.1, 0.15) is 5.82 Å². The Morgan fingerprint density at radius 1 is 1.41 bits per heavy atom. The van der Waals surface area contributed by atoms with Crippen molar-refractivity contribution in [3.05, 3.63) is 23.8 Å². The van der Waals surface area contributed by atoms with Crippen molar-refractivity contribution in [2.45, 2.75) is 31.9 Å². The molecule has 1 saturated heterocycles. The summed E-state index contributed by atoms with van der Waals surface area (Å²) < 4.78 is 31.7. The van der Waals surface area contributed by atoms with Crippen LogP contribution < -0.4 is 11.1 Å². The van der Waals surface area contributed by atoms with Crippen LogP contribution >= 0.6 is 0 Å². The van der Waals surface area contributed by atoms with E-state index in [1.807, 2.05) is 6.92 Å². The molecular weight excluding hydrogens is 226 g/mol. The normalized spacial score (nSPS) is 24.6. The number of halogens is 2. The largest absolute Gasteiger partial charge is 0.395 e. The zero-order valence-corrected chi connectivity index (χ0v) is 9.67. The van der Waals surface area contributed by atoms with E-state index in [1.165, 1.54) is 6.07 Å². The first-order valence-electron chi connectivity index (χ1n) is 5.69. The summed E-state index contributed by atoms with van der Waals surface area (Å²) in [5.41, 5.74) is 5.85. The summed E-state index contributed by atoms with van der Waals surface area (Å²) in [4.78, 5) is 0. The Hall–Kier alpha value is -1.36. The number of rotatable bonds is 2. The quantitative estimate of drug-likeness (QED) is 0.783. The van der Waals surface area contributed by atoms with Crippen molar-refractivity contribution < 1.29 is 13.5 Å². The predicted molar refractivity (Wildman–Crippen MR) is 62.8 cm³/mol. The molecule has 5 heteroatoms. The lowest BCUT2D eigenvalue weighted by molar-refractivity contribution is 0.0232. The van der Waals surface area contributed by atoms with Crippen molar-refractivity contribution in [1.29, 1.82) is 0 Å². The molecule has 2 rings (SSSR count). The molecule has 0 spiro atoms. The molecule has 1 heterocycles. The molecule has 0 aliphatic carbocycles. The van der Waals surface area contributed by atoms with Crippen LogP contribution in [0.2, 0.25) is 0 Å². The van der Waals surface area contributed by atoms with E-state index in [4.69, 9.17) is 10.5 Å². The Kier molecular flexibility index (Phi) is 3.47. The first-order valence-corrected chi connectivity index (χ1v) is 5.69. The molecule has 0 amide bonds. The van der Waals surface area contributed by atoms with E-state index in [1.54, 1.807) is 0 Å². The van der Waals surface area contributed by atoms with Gasteiger partial charge in [-0.15, -0.1) is 0 Å². The van der Waals surface area contributed by atoms with Crippen LogP contribution in [0.5, 0.6) is 0 Å². The summed E-state index contributed by atoms with van der Waals surface area (Å²) in [6, 6.07) is 2.15.